The molecule has 1 amide bonds. The van der Waals surface area contributed by atoms with Gasteiger partial charge >= 0.3 is 0 Å². The molecule has 0 aromatic heterocycles. The Hall–Kier alpha value is -3.22. The van der Waals surface area contributed by atoms with Crippen LogP contribution < -0.4 is 16.0 Å². The van der Waals surface area contributed by atoms with Gasteiger partial charge in [0.05, 0.1) is 17.5 Å². The molecule has 0 saturated heterocycles. The third-order valence-electron chi connectivity index (χ3n) is 8.19. The van der Waals surface area contributed by atoms with Crippen molar-refractivity contribution >= 4 is 34.7 Å². The number of anilines is 1. The molecular weight excluding hydrogens is 499 g/mol. The predicted octanol–water partition coefficient (Wildman–Crippen LogP) is -1.01. The van der Waals surface area contributed by atoms with E-state index in [1.807, 2.05) is 0 Å². The van der Waals surface area contributed by atoms with Crippen molar-refractivity contribution in [2.45, 2.75) is 31.0 Å². The van der Waals surface area contributed by atoms with E-state index in [-0.39, 0.29) is 37.2 Å². The smallest absolute Gasteiger partial charge is 0.235 e. The Morgan fingerprint density at radius 3 is 2.39 bits per heavy atom. The maximum atomic E-state index is 13.9. The van der Waals surface area contributed by atoms with E-state index in [2.05, 4.69) is 5.32 Å². The number of phenols is 1. The number of amides is 1. The second-order valence-corrected chi connectivity index (χ2v) is 10.8. The number of hydrogen-bond acceptors (Lipinski definition) is 10. The fraction of sp³-hybridized carbons (Fsp3) is 0.577. The van der Waals surface area contributed by atoms with E-state index in [1.54, 1.807) is 25.1 Å². The Kier molecular flexibility index (Phi) is 7.19. The fourth-order valence-electron chi connectivity index (χ4n) is 6.53. The van der Waals surface area contributed by atoms with Gasteiger partial charge in [0.2, 0.25) is 5.91 Å². The summed E-state index contributed by atoms with van der Waals surface area (Å²) in [5.74, 6) is -10.9. The van der Waals surface area contributed by atoms with Crippen molar-refractivity contribution in [1.82, 2.24) is 10.2 Å². The van der Waals surface area contributed by atoms with E-state index in [0.29, 0.717) is 16.8 Å². The number of benzene rings is 1. The average Bonchev–Trinajstić information content (AvgIpc) is 2.82. The number of phenolic OH excluding ortho intramolecular Hbond substituents is 1. The van der Waals surface area contributed by atoms with Gasteiger partial charge in [0.15, 0.2) is 34.7 Å². The van der Waals surface area contributed by atoms with Crippen molar-refractivity contribution in [3.63, 3.8) is 0 Å². The lowest BCUT2D eigenvalue weighted by atomic mass is 9.52. The minimum absolute atomic E-state index is 0.0165. The zero-order chi connectivity index (χ0) is 28.3. The van der Waals surface area contributed by atoms with Gasteiger partial charge in [-0.3, -0.25) is 28.9 Å². The molecule has 38 heavy (non-hydrogen) atoms. The monoisotopic (exact) mass is 532 g/mol. The van der Waals surface area contributed by atoms with Crippen LogP contribution in [0, 0.1) is 23.7 Å². The third kappa shape index (κ3) is 3.93. The molecule has 5 N–H and O–H groups in total. The molecule has 11 nitrogen and oxygen atoms in total. The van der Waals surface area contributed by atoms with Crippen LogP contribution in [0.4, 0.5) is 10.1 Å². The van der Waals surface area contributed by atoms with Gasteiger partial charge in [-0.05, 0) is 44.5 Å². The summed E-state index contributed by atoms with van der Waals surface area (Å²) in [5.41, 5.74) is 3.95. The first-order chi connectivity index (χ1) is 17.8. The number of carbonyl (C=O) groups excluding carboxylic acids is 5. The molecule has 2 unspecified atom stereocenters. The molecule has 0 heterocycles. The second-order valence-electron chi connectivity index (χ2n) is 10.8. The van der Waals surface area contributed by atoms with E-state index in [4.69, 9.17) is 5.73 Å². The first-order valence-electron chi connectivity index (χ1n) is 12.4. The lowest BCUT2D eigenvalue weighted by Gasteiger charge is -2.52. The number of fused-ring (bicyclic) bond motifs is 3. The van der Waals surface area contributed by atoms with Crippen LogP contribution in [-0.4, -0.2) is 97.2 Å². The molecule has 2 fully saturated rings. The van der Waals surface area contributed by atoms with E-state index in [9.17, 15) is 38.6 Å². The average molecular weight is 533 g/mol. The molecule has 3 aliphatic carbocycles. The van der Waals surface area contributed by atoms with Crippen LogP contribution in [0.15, 0.2) is 6.07 Å². The molecule has 0 spiro atoms. The lowest BCUT2D eigenvalue weighted by molar-refractivity contribution is -0.181. The van der Waals surface area contributed by atoms with Crippen molar-refractivity contribution in [1.29, 1.82) is 0 Å². The van der Waals surface area contributed by atoms with Crippen LogP contribution in [-0.2, 0) is 32.1 Å². The summed E-state index contributed by atoms with van der Waals surface area (Å²) in [5, 5.41) is 25.6. The number of halogens is 1. The van der Waals surface area contributed by atoms with Gasteiger partial charge < -0.3 is 26.2 Å². The second kappa shape index (κ2) is 9.83. The Morgan fingerprint density at radius 2 is 1.84 bits per heavy atom. The number of nitrogens with zero attached hydrogens (tertiary/aromatic N) is 2. The van der Waals surface area contributed by atoms with Gasteiger partial charge in [-0.25, -0.2) is 4.39 Å². The topological polar surface area (TPSA) is 170 Å². The number of ketones is 4. The molecule has 1 aromatic rings. The van der Waals surface area contributed by atoms with Gasteiger partial charge in [-0.2, -0.15) is 0 Å². The van der Waals surface area contributed by atoms with Crippen molar-refractivity contribution in [2.75, 3.05) is 46.3 Å². The van der Waals surface area contributed by atoms with E-state index in [1.165, 1.54) is 19.0 Å². The van der Waals surface area contributed by atoms with Crippen LogP contribution in [0.2, 0.25) is 0 Å². The number of aromatic hydroxyl groups is 1. The zero-order valence-corrected chi connectivity index (χ0v) is 21.8. The fourth-order valence-corrected chi connectivity index (χ4v) is 6.53. The maximum absolute atomic E-state index is 13.9. The molecule has 4 rings (SSSR count). The molecule has 0 aliphatic heterocycles. The number of alkyl halides is 1. The highest BCUT2D eigenvalue weighted by molar-refractivity contribution is 6.32. The number of primary amides is 1. The number of Topliss-reactive ketones (excluding diaryl/α,β-unsaturated/α-hetero) is 4. The summed E-state index contributed by atoms with van der Waals surface area (Å²) < 4.78 is 12.6. The summed E-state index contributed by atoms with van der Waals surface area (Å²) >= 11 is 0. The number of carbonyl (C=O) groups is 5. The van der Waals surface area contributed by atoms with E-state index in [0.717, 1.165) is 0 Å². The molecule has 3 aliphatic rings. The molecule has 0 radical (unpaired) electrons. The lowest BCUT2D eigenvalue weighted by Crippen LogP contribution is -2.74. The Morgan fingerprint density at radius 1 is 1.18 bits per heavy atom. The van der Waals surface area contributed by atoms with Crippen LogP contribution in [0.3, 0.4) is 0 Å². The minimum Gasteiger partial charge on any atom is -0.507 e. The molecule has 12 heteroatoms. The van der Waals surface area contributed by atoms with Crippen LogP contribution in [0.1, 0.15) is 27.9 Å². The van der Waals surface area contributed by atoms with Crippen LogP contribution in [0.5, 0.6) is 5.75 Å². The van der Waals surface area contributed by atoms with Gasteiger partial charge in [-0.1, -0.05) is 0 Å². The Balaban J connectivity index is 1.86. The minimum atomic E-state index is -2.77. The van der Waals surface area contributed by atoms with Crippen molar-refractivity contribution < 1.29 is 38.6 Å². The zero-order valence-electron chi connectivity index (χ0n) is 21.8. The van der Waals surface area contributed by atoms with Gasteiger partial charge in [0.1, 0.15) is 12.4 Å². The molecule has 2 saturated carbocycles. The predicted molar refractivity (Wildman–Crippen MR) is 133 cm³/mol. The molecule has 6 atom stereocenters. The number of nitrogens with one attached hydrogen (secondary N) is 1. The highest BCUT2D eigenvalue weighted by Gasteiger charge is 2.69. The summed E-state index contributed by atoms with van der Waals surface area (Å²) in [6, 6.07) is 0.545. The van der Waals surface area contributed by atoms with Crippen LogP contribution >= 0.6 is 0 Å². The highest BCUT2D eigenvalue weighted by atomic mass is 19.1. The van der Waals surface area contributed by atoms with Crippen molar-refractivity contribution in [3.05, 3.63) is 22.8 Å². The first-order valence-corrected chi connectivity index (χ1v) is 12.4. The number of rotatable bonds is 7. The van der Waals surface area contributed by atoms with E-state index < -0.39 is 71.0 Å². The highest BCUT2D eigenvalue weighted by Crippen LogP contribution is 2.52. The Bertz CT molecular complexity index is 1230. The van der Waals surface area contributed by atoms with Gasteiger partial charge in [0.25, 0.3) is 0 Å². The van der Waals surface area contributed by atoms with E-state index >= 15 is 0 Å². The number of hydrogen-bond donors (Lipinski definition) is 4. The maximum Gasteiger partial charge on any atom is 0.235 e. The molecule has 1 aromatic carbocycles. The van der Waals surface area contributed by atoms with Crippen molar-refractivity contribution in [3.8, 4) is 5.75 Å². The SMILES string of the molecule is CN(C)c1cc(CNCCF)c(O)c2c1C[C@H]1C[C@H]3[C@@H](N(C)C)C(=O)C(C(N)=O)C(=O)[C@@]3(O)C(=O)C1C2=O. The van der Waals surface area contributed by atoms with Crippen LogP contribution in [0.25, 0.3) is 0 Å². The number of likely N-dealkylation sites (N-methyl/N-ethyl adjacent to an activating group) is 1. The summed E-state index contributed by atoms with van der Waals surface area (Å²) in [4.78, 5) is 69.6. The Labute approximate surface area is 219 Å². The normalized spacial score (nSPS) is 30.7. The molecular formula is C26H33FN4O7. The quantitative estimate of drug-likeness (QED) is 0.252. The number of aliphatic hydroxyl groups is 1. The summed E-state index contributed by atoms with van der Waals surface area (Å²) in [7, 11) is 6.60. The van der Waals surface area contributed by atoms with Gasteiger partial charge in [0, 0.05) is 44.4 Å². The molecule has 0 bridgehead atoms. The summed E-state index contributed by atoms with van der Waals surface area (Å²) in [6.45, 7) is -0.523. The van der Waals surface area contributed by atoms with Gasteiger partial charge in [-0.15, -0.1) is 0 Å². The largest absolute Gasteiger partial charge is 0.507 e. The van der Waals surface area contributed by atoms with Crippen molar-refractivity contribution in [2.24, 2.45) is 29.4 Å². The first kappa shape index (κ1) is 27.8. The summed E-state index contributed by atoms with van der Waals surface area (Å²) in [6.07, 6.45) is 0.155. The molecule has 206 valence electrons. The third-order valence-corrected chi connectivity index (χ3v) is 8.19. The standard InChI is InChI=1S/C26H33FN4O7/c1-30(2)15-9-12(10-29-6-5-27)20(32)17-13(15)7-11-8-14-19(31(3)4)22(34)18(25(28)37)24(36)26(14,38)23(35)16(11)21(17)33/h9,11,14,16,18-19,29,32,38H,5-8,10H2,1-4H3,(H2,28,37)/t11-,14-,16?,18?,19+,26-/m0/s1. The number of nitrogens with two attached hydrogens (primary N) is 1.